The van der Waals surface area contributed by atoms with Gasteiger partial charge < -0.3 is 5.73 Å². The van der Waals surface area contributed by atoms with Gasteiger partial charge in [0.05, 0.1) is 5.69 Å². The highest BCUT2D eigenvalue weighted by atomic mass is 32.2. The fourth-order valence-electron chi connectivity index (χ4n) is 1.55. The van der Waals surface area contributed by atoms with Crippen LogP contribution in [-0.2, 0) is 16.6 Å². The molecule has 1 aromatic carbocycles. The number of thiophene rings is 1. The maximum absolute atomic E-state index is 13.4. The largest absolute Gasteiger partial charge is 0.326 e. The summed E-state index contributed by atoms with van der Waals surface area (Å²) >= 11 is 1.11. The van der Waals surface area contributed by atoms with Gasteiger partial charge in [-0.15, -0.1) is 11.3 Å². The molecule has 0 radical (unpaired) electrons. The highest BCUT2D eigenvalue weighted by Gasteiger charge is 2.22. The van der Waals surface area contributed by atoms with E-state index in [0.29, 0.717) is 17.0 Å². The summed E-state index contributed by atoms with van der Waals surface area (Å²) < 4.78 is 65.4. The summed E-state index contributed by atoms with van der Waals surface area (Å²) in [6.07, 6.45) is 0. The molecule has 0 saturated carbocycles. The molecule has 0 atom stereocenters. The monoisotopic (exact) mass is 322 g/mol. The number of sulfonamides is 1. The number of anilines is 1. The molecule has 20 heavy (non-hydrogen) atoms. The maximum atomic E-state index is 13.4. The summed E-state index contributed by atoms with van der Waals surface area (Å²) in [7, 11) is -4.16. The molecule has 0 aliphatic heterocycles. The average Bonchev–Trinajstić information content (AvgIpc) is 2.84. The molecule has 0 amide bonds. The Labute approximate surface area is 117 Å². The van der Waals surface area contributed by atoms with E-state index in [9.17, 15) is 21.6 Å². The molecule has 0 unspecified atom stereocenters. The molecule has 1 heterocycles. The van der Waals surface area contributed by atoms with E-state index in [0.717, 1.165) is 11.3 Å². The van der Waals surface area contributed by atoms with Gasteiger partial charge >= 0.3 is 0 Å². The molecular weight excluding hydrogens is 313 g/mol. The second-order valence-corrected chi connectivity index (χ2v) is 6.42. The zero-order valence-corrected chi connectivity index (χ0v) is 11.5. The molecule has 9 heteroatoms. The molecule has 3 N–H and O–H groups in total. The van der Waals surface area contributed by atoms with Crippen LogP contribution in [0, 0.1) is 17.5 Å². The molecule has 0 fully saturated rings. The fraction of sp³-hybridized carbons (Fsp3) is 0.0909. The van der Waals surface area contributed by atoms with E-state index in [1.165, 1.54) is 11.4 Å². The lowest BCUT2D eigenvalue weighted by Gasteiger charge is -2.09. The Morgan fingerprint density at radius 3 is 2.60 bits per heavy atom. The van der Waals surface area contributed by atoms with Gasteiger partial charge in [-0.3, -0.25) is 4.72 Å². The van der Waals surface area contributed by atoms with E-state index in [1.54, 1.807) is 0 Å². The van der Waals surface area contributed by atoms with Crippen LogP contribution < -0.4 is 10.5 Å². The number of halogens is 3. The Morgan fingerprint density at radius 2 is 1.95 bits per heavy atom. The minimum absolute atomic E-state index is 0.0199. The third-order valence-electron chi connectivity index (χ3n) is 2.42. The Bertz CT molecular complexity index is 744. The van der Waals surface area contributed by atoms with E-state index in [4.69, 9.17) is 5.73 Å². The summed E-state index contributed by atoms with van der Waals surface area (Å²) in [6, 6.07) is 2.16. The van der Waals surface area contributed by atoms with Gasteiger partial charge in [0, 0.05) is 23.6 Å². The summed E-state index contributed by atoms with van der Waals surface area (Å²) in [6.45, 7) is -0.0199. The molecule has 0 bridgehead atoms. The van der Waals surface area contributed by atoms with Crippen molar-refractivity contribution in [1.29, 1.82) is 0 Å². The fourth-order valence-corrected chi connectivity index (χ4v) is 3.93. The zero-order valence-electron chi connectivity index (χ0n) is 9.86. The van der Waals surface area contributed by atoms with Crippen LogP contribution in [-0.4, -0.2) is 8.42 Å². The van der Waals surface area contributed by atoms with E-state index in [1.807, 2.05) is 4.72 Å². The second-order valence-electron chi connectivity index (χ2n) is 3.77. The van der Waals surface area contributed by atoms with Gasteiger partial charge in [-0.25, -0.2) is 21.6 Å². The number of benzene rings is 1. The predicted molar refractivity (Wildman–Crippen MR) is 69.3 cm³/mol. The topological polar surface area (TPSA) is 72.2 Å². The van der Waals surface area contributed by atoms with Crippen molar-refractivity contribution in [1.82, 2.24) is 0 Å². The molecular formula is C11H9F3N2O2S2. The Balaban J connectivity index is 2.44. The third kappa shape index (κ3) is 2.79. The molecule has 4 nitrogen and oxygen atoms in total. The van der Waals surface area contributed by atoms with Crippen LogP contribution in [0.4, 0.5) is 18.9 Å². The van der Waals surface area contributed by atoms with Crippen LogP contribution in [0.15, 0.2) is 28.5 Å². The van der Waals surface area contributed by atoms with E-state index in [2.05, 4.69) is 0 Å². The number of nitrogens with one attached hydrogen (secondary N) is 1. The Morgan fingerprint density at radius 1 is 1.25 bits per heavy atom. The quantitative estimate of drug-likeness (QED) is 0.849. The molecule has 0 aliphatic carbocycles. The number of hydrogen-bond donors (Lipinski definition) is 2. The van der Waals surface area contributed by atoms with E-state index >= 15 is 0 Å². The highest BCUT2D eigenvalue weighted by Crippen LogP contribution is 2.26. The average molecular weight is 322 g/mol. The predicted octanol–water partition coefficient (Wildman–Crippen LogP) is 2.42. The number of rotatable bonds is 4. The second kappa shape index (κ2) is 5.43. The lowest BCUT2D eigenvalue weighted by molar-refractivity contribution is 0.498. The van der Waals surface area contributed by atoms with Crippen LogP contribution >= 0.6 is 11.3 Å². The van der Waals surface area contributed by atoms with Crippen LogP contribution in [0.1, 0.15) is 4.88 Å². The van der Waals surface area contributed by atoms with Gasteiger partial charge in [-0.2, -0.15) is 0 Å². The Hall–Kier alpha value is -1.58. The standard InChI is InChI=1S/C11H9F3N2O2S2/c12-6-3-7(13)11(14)8(4-6)16-20(17,18)10-1-2-19-9(10)5-15/h1-4,16H,5,15H2. The minimum Gasteiger partial charge on any atom is -0.326 e. The van der Waals surface area contributed by atoms with Gasteiger partial charge in [0.25, 0.3) is 10.0 Å². The number of nitrogens with two attached hydrogens (primary N) is 1. The van der Waals surface area contributed by atoms with E-state index in [-0.39, 0.29) is 11.4 Å². The van der Waals surface area contributed by atoms with Gasteiger partial charge in [-0.05, 0) is 11.4 Å². The van der Waals surface area contributed by atoms with Crippen LogP contribution in [0.25, 0.3) is 0 Å². The summed E-state index contributed by atoms with van der Waals surface area (Å²) in [4.78, 5) is 0.212. The normalized spacial score (nSPS) is 11.6. The van der Waals surface area contributed by atoms with E-state index < -0.39 is 33.2 Å². The van der Waals surface area contributed by atoms with Crippen LogP contribution in [0.2, 0.25) is 0 Å². The lowest BCUT2D eigenvalue weighted by Crippen LogP contribution is -2.16. The van der Waals surface area contributed by atoms with Gasteiger partial charge in [0.1, 0.15) is 10.7 Å². The van der Waals surface area contributed by atoms with Crippen molar-refractivity contribution in [2.75, 3.05) is 4.72 Å². The summed E-state index contributed by atoms with van der Waals surface area (Å²) in [5.74, 6) is -4.04. The highest BCUT2D eigenvalue weighted by molar-refractivity contribution is 7.93. The van der Waals surface area contributed by atoms with Crippen molar-refractivity contribution in [3.05, 3.63) is 45.9 Å². The maximum Gasteiger partial charge on any atom is 0.263 e. The molecule has 0 spiro atoms. The molecule has 2 rings (SSSR count). The lowest BCUT2D eigenvalue weighted by atomic mass is 10.3. The zero-order chi connectivity index (χ0) is 14.9. The van der Waals surface area contributed by atoms with Crippen molar-refractivity contribution in [2.45, 2.75) is 11.4 Å². The van der Waals surface area contributed by atoms with Crippen molar-refractivity contribution in [2.24, 2.45) is 5.73 Å². The first kappa shape index (κ1) is 14.8. The van der Waals surface area contributed by atoms with Gasteiger partial charge in [0.15, 0.2) is 11.6 Å². The molecule has 108 valence electrons. The van der Waals surface area contributed by atoms with Crippen molar-refractivity contribution in [3.8, 4) is 0 Å². The smallest absolute Gasteiger partial charge is 0.263 e. The third-order valence-corrected chi connectivity index (χ3v) is 4.94. The number of hydrogen-bond acceptors (Lipinski definition) is 4. The van der Waals surface area contributed by atoms with Gasteiger partial charge in [-0.1, -0.05) is 0 Å². The minimum atomic E-state index is -4.16. The molecule has 1 aromatic heterocycles. The molecule has 0 aliphatic rings. The molecule has 2 aromatic rings. The first-order valence-electron chi connectivity index (χ1n) is 5.29. The van der Waals surface area contributed by atoms with Crippen LogP contribution in [0.5, 0.6) is 0 Å². The van der Waals surface area contributed by atoms with Crippen molar-refractivity contribution in [3.63, 3.8) is 0 Å². The van der Waals surface area contributed by atoms with Crippen molar-refractivity contribution < 1.29 is 21.6 Å². The summed E-state index contributed by atoms with van der Waals surface area (Å²) in [5.41, 5.74) is 4.59. The SMILES string of the molecule is NCc1sccc1S(=O)(=O)Nc1cc(F)cc(F)c1F. The van der Waals surface area contributed by atoms with Crippen LogP contribution in [0.3, 0.4) is 0 Å². The summed E-state index contributed by atoms with van der Waals surface area (Å²) in [5, 5.41) is 1.50. The van der Waals surface area contributed by atoms with Gasteiger partial charge in [0.2, 0.25) is 0 Å². The Kier molecular flexibility index (Phi) is 4.02. The first-order valence-corrected chi connectivity index (χ1v) is 7.65. The first-order chi connectivity index (χ1) is 9.35. The molecule has 0 saturated heterocycles. The van der Waals surface area contributed by atoms with Crippen molar-refractivity contribution >= 4 is 27.0 Å².